The van der Waals surface area contributed by atoms with Crippen molar-refractivity contribution in [3.8, 4) is 0 Å². The van der Waals surface area contributed by atoms with Crippen molar-refractivity contribution in [2.75, 3.05) is 33.8 Å². The first-order valence-electron chi connectivity index (χ1n) is 11.4. The van der Waals surface area contributed by atoms with Gasteiger partial charge in [-0.1, -0.05) is 29.8 Å². The average molecular weight is 504 g/mol. The molecule has 0 aliphatic carbocycles. The molecule has 34 heavy (non-hydrogen) atoms. The fraction of sp³-hybridized carbons (Fsp3) is 0.400. The SMILES string of the molecule is CON(C)C(=O)c1cn(CCCN2CCC(S(=O)(=O)c3ccc(Cl)cc3)CC2)c2ccccc12. The number of piperidine rings is 1. The van der Waals surface area contributed by atoms with E-state index in [9.17, 15) is 13.2 Å². The number of rotatable bonds is 8. The molecule has 0 spiro atoms. The average Bonchev–Trinajstić information content (AvgIpc) is 3.22. The van der Waals surface area contributed by atoms with Gasteiger partial charge in [-0.15, -0.1) is 0 Å². The van der Waals surface area contributed by atoms with Crippen LogP contribution in [0.5, 0.6) is 0 Å². The zero-order valence-electron chi connectivity index (χ0n) is 19.5. The number of nitrogens with zero attached hydrogens (tertiary/aromatic N) is 3. The minimum Gasteiger partial charge on any atom is -0.347 e. The van der Waals surface area contributed by atoms with Crippen molar-refractivity contribution < 1.29 is 18.0 Å². The van der Waals surface area contributed by atoms with E-state index >= 15 is 0 Å². The molecule has 0 bridgehead atoms. The fourth-order valence-corrected chi connectivity index (χ4v) is 6.44. The number of amides is 1. The van der Waals surface area contributed by atoms with Gasteiger partial charge >= 0.3 is 0 Å². The molecule has 2 aromatic carbocycles. The molecule has 0 radical (unpaired) electrons. The van der Waals surface area contributed by atoms with Crippen molar-refractivity contribution in [1.29, 1.82) is 0 Å². The number of carbonyl (C=O) groups excluding carboxylic acids is 1. The van der Waals surface area contributed by atoms with Crippen LogP contribution in [0.1, 0.15) is 29.6 Å². The van der Waals surface area contributed by atoms with E-state index in [0.29, 0.717) is 28.3 Å². The van der Waals surface area contributed by atoms with Crippen LogP contribution in [0, 0.1) is 0 Å². The molecule has 9 heteroatoms. The zero-order chi connectivity index (χ0) is 24.3. The third-order valence-electron chi connectivity index (χ3n) is 6.57. The zero-order valence-corrected chi connectivity index (χ0v) is 21.1. The Morgan fingerprint density at radius 3 is 2.44 bits per heavy atom. The van der Waals surface area contributed by atoms with Crippen LogP contribution in [0.25, 0.3) is 10.9 Å². The summed E-state index contributed by atoms with van der Waals surface area (Å²) < 4.78 is 28.0. The molecule has 1 amide bonds. The summed E-state index contributed by atoms with van der Waals surface area (Å²) in [5, 5.41) is 2.31. The van der Waals surface area contributed by atoms with Crippen molar-refractivity contribution in [3.05, 3.63) is 65.3 Å². The lowest BCUT2D eigenvalue weighted by atomic mass is 10.1. The van der Waals surface area contributed by atoms with Gasteiger partial charge in [0.1, 0.15) is 0 Å². The topological polar surface area (TPSA) is 71.8 Å². The molecule has 3 aromatic rings. The standard InChI is InChI=1S/C25H30ClN3O4S/c1-27(33-2)25(30)23-18-29(24-7-4-3-6-22(23)24)15-5-14-28-16-12-21(13-17-28)34(31,32)20-10-8-19(26)9-11-20/h3-4,6-11,18,21H,5,12-17H2,1-2H3. The van der Waals surface area contributed by atoms with Gasteiger partial charge in [0.15, 0.2) is 9.84 Å². The molecule has 0 atom stereocenters. The predicted molar refractivity (Wildman–Crippen MR) is 134 cm³/mol. The number of sulfone groups is 1. The number of aromatic nitrogens is 1. The summed E-state index contributed by atoms with van der Waals surface area (Å²) in [7, 11) is -0.265. The molecule has 0 saturated carbocycles. The number of carbonyl (C=O) groups is 1. The molecule has 2 heterocycles. The third kappa shape index (κ3) is 5.15. The Hall–Kier alpha value is -2.39. The molecule has 0 N–H and O–H groups in total. The lowest BCUT2D eigenvalue weighted by Crippen LogP contribution is -2.39. The maximum atomic E-state index is 13.0. The molecular formula is C25H30ClN3O4S. The molecular weight excluding hydrogens is 474 g/mol. The molecule has 1 aromatic heterocycles. The lowest BCUT2D eigenvalue weighted by molar-refractivity contribution is -0.0755. The third-order valence-corrected chi connectivity index (χ3v) is 9.10. The number of aryl methyl sites for hydroxylation is 1. The van der Waals surface area contributed by atoms with E-state index in [2.05, 4.69) is 9.47 Å². The van der Waals surface area contributed by atoms with E-state index in [1.165, 1.54) is 12.2 Å². The Labute approximate surface area is 205 Å². The Bertz CT molecular complexity index is 1250. The minimum atomic E-state index is -3.34. The number of likely N-dealkylation sites (tertiary alicyclic amines) is 1. The van der Waals surface area contributed by atoms with Gasteiger partial charge in [-0.25, -0.2) is 13.5 Å². The molecule has 4 rings (SSSR count). The molecule has 1 aliphatic heterocycles. The molecule has 1 fully saturated rings. The van der Waals surface area contributed by atoms with E-state index in [4.69, 9.17) is 16.4 Å². The van der Waals surface area contributed by atoms with Crippen LogP contribution in [0.3, 0.4) is 0 Å². The number of fused-ring (bicyclic) bond motifs is 1. The maximum Gasteiger partial charge on any atom is 0.279 e. The van der Waals surface area contributed by atoms with Crippen LogP contribution in [0.4, 0.5) is 0 Å². The van der Waals surface area contributed by atoms with Crippen molar-refractivity contribution >= 4 is 38.2 Å². The first-order valence-corrected chi connectivity index (χ1v) is 13.4. The van der Waals surface area contributed by atoms with Gasteiger partial charge in [-0.05, 0) is 69.2 Å². The van der Waals surface area contributed by atoms with Crippen molar-refractivity contribution in [1.82, 2.24) is 14.5 Å². The van der Waals surface area contributed by atoms with Crippen molar-refractivity contribution in [2.24, 2.45) is 0 Å². The summed E-state index contributed by atoms with van der Waals surface area (Å²) in [5.74, 6) is -0.179. The van der Waals surface area contributed by atoms with Crippen LogP contribution in [-0.2, 0) is 21.2 Å². The predicted octanol–water partition coefficient (Wildman–Crippen LogP) is 4.26. The van der Waals surface area contributed by atoms with Gasteiger partial charge in [-0.2, -0.15) is 0 Å². The summed E-state index contributed by atoms with van der Waals surface area (Å²) in [4.78, 5) is 20.4. The van der Waals surface area contributed by atoms with Gasteiger partial charge in [0.05, 0.1) is 22.8 Å². The number of para-hydroxylation sites is 1. The normalized spacial score (nSPS) is 15.6. The van der Waals surface area contributed by atoms with Crippen LogP contribution in [0.2, 0.25) is 5.02 Å². The van der Waals surface area contributed by atoms with Gasteiger partial charge in [0.25, 0.3) is 5.91 Å². The van der Waals surface area contributed by atoms with Crippen molar-refractivity contribution in [3.63, 3.8) is 0 Å². The van der Waals surface area contributed by atoms with Gasteiger partial charge in [-0.3, -0.25) is 9.63 Å². The Morgan fingerprint density at radius 1 is 1.09 bits per heavy atom. The minimum absolute atomic E-state index is 0.179. The first-order chi connectivity index (χ1) is 16.3. The monoisotopic (exact) mass is 503 g/mol. The number of benzene rings is 2. The first kappa shape index (κ1) is 24.7. The van der Waals surface area contributed by atoms with Crippen LogP contribution >= 0.6 is 11.6 Å². The van der Waals surface area contributed by atoms with Crippen LogP contribution < -0.4 is 0 Å². The highest BCUT2D eigenvalue weighted by molar-refractivity contribution is 7.92. The van der Waals surface area contributed by atoms with Crippen LogP contribution in [0.15, 0.2) is 59.6 Å². The highest BCUT2D eigenvalue weighted by Gasteiger charge is 2.31. The van der Waals surface area contributed by atoms with Crippen LogP contribution in [-0.4, -0.2) is 67.9 Å². The Morgan fingerprint density at radius 2 is 1.76 bits per heavy atom. The fourth-order valence-electron chi connectivity index (χ4n) is 4.58. The molecule has 1 saturated heterocycles. The maximum absolute atomic E-state index is 13.0. The smallest absolute Gasteiger partial charge is 0.279 e. The number of hydrogen-bond acceptors (Lipinski definition) is 5. The number of halogens is 1. The molecule has 0 unspecified atom stereocenters. The lowest BCUT2D eigenvalue weighted by Gasteiger charge is -2.31. The van der Waals surface area contributed by atoms with E-state index in [-0.39, 0.29) is 11.2 Å². The summed E-state index contributed by atoms with van der Waals surface area (Å²) in [6.07, 6.45) is 4.05. The number of hydrogen-bond donors (Lipinski definition) is 0. The van der Waals surface area contributed by atoms with Gasteiger partial charge in [0.2, 0.25) is 0 Å². The summed E-state index contributed by atoms with van der Waals surface area (Å²) >= 11 is 5.90. The van der Waals surface area contributed by atoms with E-state index in [0.717, 1.165) is 43.5 Å². The molecule has 182 valence electrons. The van der Waals surface area contributed by atoms with Gasteiger partial charge < -0.3 is 9.47 Å². The Balaban J connectivity index is 1.35. The molecule has 7 nitrogen and oxygen atoms in total. The largest absolute Gasteiger partial charge is 0.347 e. The highest BCUT2D eigenvalue weighted by Crippen LogP contribution is 2.26. The van der Waals surface area contributed by atoms with E-state index < -0.39 is 9.84 Å². The van der Waals surface area contributed by atoms with Crippen molar-refractivity contribution in [2.45, 2.75) is 36.0 Å². The summed E-state index contributed by atoms with van der Waals surface area (Å²) in [5.41, 5.74) is 1.64. The number of hydroxylamine groups is 2. The highest BCUT2D eigenvalue weighted by atomic mass is 35.5. The summed E-state index contributed by atoms with van der Waals surface area (Å²) in [6, 6.07) is 14.3. The Kier molecular flexibility index (Phi) is 7.62. The quantitative estimate of drug-likeness (QED) is 0.429. The second-order valence-corrected chi connectivity index (χ2v) is 11.3. The molecule has 1 aliphatic rings. The second-order valence-electron chi connectivity index (χ2n) is 8.63. The summed E-state index contributed by atoms with van der Waals surface area (Å²) in [6.45, 7) is 3.16. The van der Waals surface area contributed by atoms with E-state index in [1.807, 2.05) is 30.5 Å². The second kappa shape index (κ2) is 10.5. The van der Waals surface area contributed by atoms with Gasteiger partial charge in [0, 0.05) is 35.7 Å². The van der Waals surface area contributed by atoms with E-state index in [1.54, 1.807) is 31.3 Å².